The lowest BCUT2D eigenvalue weighted by Crippen LogP contribution is -2.35. The van der Waals surface area contributed by atoms with Crippen LogP contribution < -0.4 is 19.7 Å². The number of aliphatic carboxylic acids is 2. The molecule has 2 aromatic carbocycles. The van der Waals surface area contributed by atoms with Crippen molar-refractivity contribution in [2.45, 2.75) is 121 Å². The number of unbranched alkanes of at least 4 members (excludes halogenated alkanes) is 8. The Hall–Kier alpha value is -3.65. The van der Waals surface area contributed by atoms with E-state index in [1.54, 1.807) is 12.2 Å². The number of carbonyl (C=O) groups excluding carboxylic acids is 1. The number of carboxylic acids is 2. The minimum absolute atomic E-state index is 0.0101. The molecular formula is C43H53N3O6S4. The minimum Gasteiger partial charge on any atom is -0.481 e. The van der Waals surface area contributed by atoms with Crippen molar-refractivity contribution in [3.05, 3.63) is 79.2 Å². The lowest BCUT2D eigenvalue weighted by Gasteiger charge is -2.27. The quantitative estimate of drug-likeness (QED) is 0.0612. The highest BCUT2D eigenvalue weighted by molar-refractivity contribution is 8.30. The fourth-order valence-electron chi connectivity index (χ4n) is 7.41. The third kappa shape index (κ3) is 11.0. The molecule has 2 aliphatic heterocycles. The van der Waals surface area contributed by atoms with Crippen molar-refractivity contribution in [3.8, 4) is 0 Å². The van der Waals surface area contributed by atoms with E-state index >= 15 is 0 Å². The molecule has 0 spiro atoms. The topological polar surface area (TPSA) is 120 Å². The third-order valence-corrected chi connectivity index (χ3v) is 14.1. The van der Waals surface area contributed by atoms with Crippen molar-refractivity contribution in [2.75, 3.05) is 17.2 Å². The van der Waals surface area contributed by atoms with Gasteiger partial charge >= 0.3 is 11.9 Å². The molecule has 5 rings (SSSR count). The Kier molecular flexibility index (Phi) is 16.5. The molecule has 3 aromatic rings. The number of hydrogen-bond donors (Lipinski definition) is 2. The molecule has 9 nitrogen and oxygen atoms in total. The van der Waals surface area contributed by atoms with Crippen molar-refractivity contribution in [2.24, 2.45) is 0 Å². The first kappa shape index (κ1) is 43.5. The largest absolute Gasteiger partial charge is 0.481 e. The summed E-state index contributed by atoms with van der Waals surface area (Å²) in [4.78, 5) is 54.8. The lowest BCUT2D eigenvalue weighted by molar-refractivity contribution is -0.138. The van der Waals surface area contributed by atoms with E-state index in [0.29, 0.717) is 27.6 Å². The molecule has 300 valence electrons. The van der Waals surface area contributed by atoms with Gasteiger partial charge in [0.25, 0.3) is 11.5 Å². The number of nitrogens with zero attached hydrogens (tertiary/aromatic N) is 3. The van der Waals surface area contributed by atoms with E-state index in [-0.39, 0.29) is 28.6 Å². The van der Waals surface area contributed by atoms with Crippen LogP contribution in [0.4, 0.5) is 11.4 Å². The second-order valence-corrected chi connectivity index (χ2v) is 18.2. The van der Waals surface area contributed by atoms with Crippen molar-refractivity contribution in [3.63, 3.8) is 0 Å². The number of thioether (sulfide) groups is 2. The predicted octanol–water partition coefficient (Wildman–Crippen LogP) is 8.98. The number of rotatable bonds is 21. The number of thiocarbonyl (C=S) groups is 1. The van der Waals surface area contributed by atoms with Crippen molar-refractivity contribution >= 4 is 97.7 Å². The predicted molar refractivity (Wildman–Crippen MR) is 237 cm³/mol. The van der Waals surface area contributed by atoms with Crippen LogP contribution in [-0.4, -0.2) is 60.2 Å². The average Bonchev–Trinajstić information content (AvgIpc) is 3.74. The summed E-state index contributed by atoms with van der Waals surface area (Å²) in [7, 11) is 0. The first-order valence-electron chi connectivity index (χ1n) is 19.8. The molecule has 1 fully saturated rings. The zero-order chi connectivity index (χ0) is 40.2. The number of carboxylic acid groups (broad SMARTS) is 2. The smallest absolute Gasteiger partial charge is 0.323 e. The highest BCUT2D eigenvalue weighted by atomic mass is 32.2. The van der Waals surface area contributed by atoms with Crippen LogP contribution in [0, 0.1) is 0 Å². The molecule has 0 saturated carbocycles. The van der Waals surface area contributed by atoms with Crippen molar-refractivity contribution in [1.82, 2.24) is 9.47 Å². The molecule has 2 atom stereocenters. The van der Waals surface area contributed by atoms with Gasteiger partial charge in [-0.2, -0.15) is 0 Å². The van der Waals surface area contributed by atoms with E-state index in [9.17, 15) is 24.3 Å². The van der Waals surface area contributed by atoms with Gasteiger partial charge in [-0.3, -0.25) is 28.6 Å². The van der Waals surface area contributed by atoms with E-state index in [1.807, 2.05) is 17.8 Å². The average molecular weight is 836 g/mol. The second-order valence-electron chi connectivity index (χ2n) is 14.3. The Morgan fingerprint density at radius 3 is 2.30 bits per heavy atom. The maximum atomic E-state index is 13.5. The molecule has 0 radical (unpaired) electrons. The maximum Gasteiger partial charge on any atom is 0.323 e. The highest BCUT2D eigenvalue weighted by Gasteiger charge is 2.36. The van der Waals surface area contributed by atoms with Gasteiger partial charge < -0.3 is 15.1 Å². The van der Waals surface area contributed by atoms with Gasteiger partial charge in [0.1, 0.15) is 20.4 Å². The van der Waals surface area contributed by atoms with Crippen LogP contribution in [0.3, 0.4) is 0 Å². The standard InChI is InChI=1S/C43H53N3O6S4/c1-4-6-7-8-9-10-11-14-26-54-32-22-20-31(21-23-32)46-29(3)33(5-2)34-27-30(19-24-35(34)46)16-15-17-36-40(51)45(28-38(49)50)42(55-36)39-41(52)44(43(53)56-39)25-13-12-18-37(47)48/h15-17,19-24,27,29,33H,4-14,18,25-26,28H2,1-3H3,(H,47,48)(H,49,50)/b16-15?,36-17?,42-39+. The zero-order valence-corrected chi connectivity index (χ0v) is 35.8. The number of anilines is 2. The molecule has 0 bridgehead atoms. The maximum absolute atomic E-state index is 13.5. The summed E-state index contributed by atoms with van der Waals surface area (Å²) in [6.07, 6.45) is 17.9. The van der Waals surface area contributed by atoms with Gasteiger partial charge in [-0.25, -0.2) is 0 Å². The summed E-state index contributed by atoms with van der Waals surface area (Å²) < 4.78 is 1.96. The monoisotopic (exact) mass is 835 g/mol. The van der Waals surface area contributed by atoms with E-state index in [0.717, 1.165) is 45.4 Å². The lowest BCUT2D eigenvalue weighted by atomic mass is 9.92. The van der Waals surface area contributed by atoms with Crippen LogP contribution in [0.2, 0.25) is 0 Å². The normalized spacial score (nSPS) is 18.2. The van der Waals surface area contributed by atoms with Gasteiger partial charge in [-0.05, 0) is 92.0 Å². The van der Waals surface area contributed by atoms with E-state index in [2.05, 4.69) is 68.1 Å². The fourth-order valence-corrected chi connectivity index (χ4v) is 10.8. The highest BCUT2D eigenvalue weighted by Crippen LogP contribution is 2.47. The van der Waals surface area contributed by atoms with Gasteiger partial charge in [0.05, 0.1) is 4.53 Å². The van der Waals surface area contributed by atoms with Crippen molar-refractivity contribution < 1.29 is 24.6 Å². The Morgan fingerprint density at radius 2 is 1.62 bits per heavy atom. The second kappa shape index (κ2) is 21.2. The number of aromatic nitrogens is 1. The fraction of sp³-hybridized carbons (Fsp3) is 0.465. The van der Waals surface area contributed by atoms with E-state index in [4.69, 9.17) is 17.3 Å². The Balaban J connectivity index is 1.30. The number of benzene rings is 2. The first-order chi connectivity index (χ1) is 27.0. The van der Waals surface area contributed by atoms with Gasteiger partial charge in [0.2, 0.25) is 0 Å². The van der Waals surface area contributed by atoms with E-state index in [1.165, 1.54) is 78.1 Å². The first-order valence-corrected chi connectivity index (χ1v) is 22.8. The minimum atomic E-state index is -1.20. The number of allylic oxidation sites excluding steroid dienone is 1. The zero-order valence-electron chi connectivity index (χ0n) is 32.5. The third-order valence-electron chi connectivity index (χ3n) is 10.3. The van der Waals surface area contributed by atoms with Crippen LogP contribution in [0.1, 0.15) is 115 Å². The SMILES string of the molecule is CCCCCCCCCCSc1ccc(N2c3ccc(C=CC=c4s/c(=C5/SC(=S)N(CCCCC(=O)O)C5=O)n(CC(=O)O)c4=O)cc3C(CC)C2C)cc1. The van der Waals surface area contributed by atoms with Crippen LogP contribution in [0.15, 0.2) is 58.2 Å². The summed E-state index contributed by atoms with van der Waals surface area (Å²) in [6.45, 7) is 6.43. The Bertz CT molecular complexity index is 2090. The number of fused-ring (bicyclic) bond motifs is 1. The van der Waals surface area contributed by atoms with Crippen LogP contribution in [0.5, 0.6) is 0 Å². The summed E-state index contributed by atoms with van der Waals surface area (Å²) in [5.74, 6) is -1.02. The number of amides is 1. The molecule has 0 aliphatic carbocycles. The summed E-state index contributed by atoms with van der Waals surface area (Å²) in [6, 6.07) is 15.7. The molecule has 1 amide bonds. The van der Waals surface area contributed by atoms with Gasteiger partial charge in [0.15, 0.2) is 0 Å². The summed E-state index contributed by atoms with van der Waals surface area (Å²) in [5.41, 5.74) is 4.17. The molecule has 1 saturated heterocycles. The molecule has 2 aliphatic rings. The number of carbonyl (C=O) groups is 3. The molecule has 13 heteroatoms. The van der Waals surface area contributed by atoms with E-state index < -0.39 is 29.9 Å². The van der Waals surface area contributed by atoms with Crippen LogP contribution in [0.25, 0.3) is 17.1 Å². The molecule has 56 heavy (non-hydrogen) atoms. The molecule has 2 unspecified atom stereocenters. The Labute approximate surface area is 347 Å². The van der Waals surface area contributed by atoms with Crippen LogP contribution in [-0.2, 0) is 20.9 Å². The van der Waals surface area contributed by atoms with Gasteiger partial charge in [0, 0.05) is 41.2 Å². The molecule has 3 heterocycles. The summed E-state index contributed by atoms with van der Waals surface area (Å²) >= 11 is 9.47. The Morgan fingerprint density at radius 1 is 0.911 bits per heavy atom. The number of hydrogen-bond acceptors (Lipinski definition) is 9. The molecule has 1 aromatic heterocycles. The van der Waals surface area contributed by atoms with Crippen molar-refractivity contribution in [1.29, 1.82) is 0 Å². The molecular weight excluding hydrogens is 783 g/mol. The number of thiazole rings is 1. The van der Waals surface area contributed by atoms with Crippen LogP contribution >= 0.6 is 47.1 Å². The van der Waals surface area contributed by atoms with Gasteiger partial charge in [-0.15, -0.1) is 23.1 Å². The van der Waals surface area contributed by atoms with Gasteiger partial charge in [-0.1, -0.05) is 101 Å². The molecule has 2 N–H and O–H groups in total. The summed E-state index contributed by atoms with van der Waals surface area (Å²) in [5, 5.41) is 18.5.